The van der Waals surface area contributed by atoms with Crippen LogP contribution in [0.25, 0.3) is 0 Å². The molecule has 0 radical (unpaired) electrons. The molecule has 1 saturated heterocycles. The summed E-state index contributed by atoms with van der Waals surface area (Å²) in [6.07, 6.45) is 8.25. The van der Waals surface area contributed by atoms with Gasteiger partial charge in [-0.15, -0.1) is 0 Å². The maximum Gasteiger partial charge on any atom is 0.308 e. The van der Waals surface area contributed by atoms with Gasteiger partial charge in [-0.25, -0.2) is 0 Å². The molecule has 19 heavy (non-hydrogen) atoms. The summed E-state index contributed by atoms with van der Waals surface area (Å²) in [4.78, 5) is 13.9. The molecule has 0 atom stereocenters. The molecule has 0 bridgehead atoms. The van der Waals surface area contributed by atoms with Crippen LogP contribution in [0.3, 0.4) is 0 Å². The van der Waals surface area contributed by atoms with Crippen molar-refractivity contribution >= 4 is 5.97 Å². The number of rotatable bonds is 5. The van der Waals surface area contributed by atoms with E-state index in [0.717, 1.165) is 38.8 Å². The molecule has 2 aliphatic rings. The van der Waals surface area contributed by atoms with Crippen LogP contribution in [0.5, 0.6) is 0 Å². The molecule has 110 valence electrons. The van der Waals surface area contributed by atoms with Crippen molar-refractivity contribution < 1.29 is 14.3 Å². The predicted octanol–water partition coefficient (Wildman–Crippen LogP) is 2.22. The minimum Gasteiger partial charge on any atom is -0.469 e. The maximum absolute atomic E-state index is 11.4. The molecule has 0 aromatic rings. The highest BCUT2D eigenvalue weighted by atomic mass is 16.5. The van der Waals surface area contributed by atoms with Crippen LogP contribution in [0.4, 0.5) is 0 Å². The number of likely N-dealkylation sites (tertiary alicyclic amines) is 1. The first-order chi connectivity index (χ1) is 9.29. The van der Waals surface area contributed by atoms with Gasteiger partial charge in [0.15, 0.2) is 0 Å². The quantitative estimate of drug-likeness (QED) is 0.717. The summed E-state index contributed by atoms with van der Waals surface area (Å²) in [5.74, 6) is 0.0544. The summed E-state index contributed by atoms with van der Waals surface area (Å²) in [5.41, 5.74) is 0. The van der Waals surface area contributed by atoms with Crippen LogP contribution < -0.4 is 0 Å². The fourth-order valence-corrected chi connectivity index (χ4v) is 3.16. The molecule has 0 amide bonds. The van der Waals surface area contributed by atoms with Gasteiger partial charge in [0.2, 0.25) is 0 Å². The number of piperidine rings is 1. The third-order valence-electron chi connectivity index (χ3n) is 4.42. The Hall–Kier alpha value is -0.610. The monoisotopic (exact) mass is 269 g/mol. The second-order valence-corrected chi connectivity index (χ2v) is 5.77. The van der Waals surface area contributed by atoms with E-state index in [1.165, 1.54) is 39.5 Å². The van der Waals surface area contributed by atoms with Crippen molar-refractivity contribution in [1.29, 1.82) is 0 Å². The maximum atomic E-state index is 11.4. The molecule has 2 rings (SSSR count). The Kier molecular flexibility index (Phi) is 6.11. The van der Waals surface area contributed by atoms with Crippen LogP contribution in [0, 0.1) is 5.92 Å². The van der Waals surface area contributed by atoms with Crippen LogP contribution in [-0.2, 0) is 14.3 Å². The first-order valence-corrected chi connectivity index (χ1v) is 7.71. The molecular formula is C15H27NO3. The molecule has 4 heteroatoms. The number of carbonyl (C=O) groups excluding carboxylic acids is 1. The second kappa shape index (κ2) is 7.85. The van der Waals surface area contributed by atoms with Gasteiger partial charge in [0.1, 0.15) is 0 Å². The normalized spacial score (nSPS) is 29.1. The highest BCUT2D eigenvalue weighted by molar-refractivity contribution is 5.72. The molecule has 2 fully saturated rings. The number of hydrogen-bond donors (Lipinski definition) is 0. The zero-order valence-electron chi connectivity index (χ0n) is 12.1. The lowest BCUT2D eigenvalue weighted by Gasteiger charge is -2.29. The van der Waals surface area contributed by atoms with Crippen LogP contribution in [0.15, 0.2) is 0 Å². The van der Waals surface area contributed by atoms with Gasteiger partial charge in [-0.3, -0.25) is 4.79 Å². The zero-order valence-corrected chi connectivity index (χ0v) is 12.1. The van der Waals surface area contributed by atoms with Gasteiger partial charge in [-0.2, -0.15) is 0 Å². The molecular weight excluding hydrogens is 242 g/mol. The van der Waals surface area contributed by atoms with E-state index in [4.69, 9.17) is 9.47 Å². The number of methoxy groups -OCH3 is 1. The fourth-order valence-electron chi connectivity index (χ4n) is 3.16. The lowest BCUT2D eigenvalue weighted by atomic mass is 9.87. The highest BCUT2D eigenvalue weighted by Gasteiger charge is 2.27. The Morgan fingerprint density at radius 3 is 2.42 bits per heavy atom. The van der Waals surface area contributed by atoms with Crippen LogP contribution in [-0.4, -0.2) is 50.3 Å². The van der Waals surface area contributed by atoms with Crippen molar-refractivity contribution in [1.82, 2.24) is 4.90 Å². The summed E-state index contributed by atoms with van der Waals surface area (Å²) >= 11 is 0. The number of hydrogen-bond acceptors (Lipinski definition) is 4. The van der Waals surface area contributed by atoms with Crippen molar-refractivity contribution in [2.45, 2.75) is 51.0 Å². The van der Waals surface area contributed by atoms with Crippen LogP contribution in [0.1, 0.15) is 44.9 Å². The predicted molar refractivity (Wildman–Crippen MR) is 74.0 cm³/mol. The molecule has 0 unspecified atom stereocenters. The Morgan fingerprint density at radius 1 is 1.11 bits per heavy atom. The third kappa shape index (κ3) is 4.77. The van der Waals surface area contributed by atoms with E-state index in [1.54, 1.807) is 0 Å². The fraction of sp³-hybridized carbons (Fsp3) is 0.933. The first kappa shape index (κ1) is 14.8. The summed E-state index contributed by atoms with van der Waals surface area (Å²) in [5, 5.41) is 0. The van der Waals surface area contributed by atoms with Crippen molar-refractivity contribution in [3.63, 3.8) is 0 Å². The number of esters is 1. The lowest BCUT2D eigenvalue weighted by Crippen LogP contribution is -2.34. The largest absolute Gasteiger partial charge is 0.469 e. The zero-order chi connectivity index (χ0) is 13.5. The summed E-state index contributed by atoms with van der Waals surface area (Å²) < 4.78 is 10.8. The van der Waals surface area contributed by atoms with Gasteiger partial charge < -0.3 is 14.4 Å². The van der Waals surface area contributed by atoms with E-state index < -0.39 is 0 Å². The molecule has 0 N–H and O–H groups in total. The molecule has 1 saturated carbocycles. The SMILES string of the molecule is COC(=O)C1CCC(OCCN2CCCCC2)CC1. The summed E-state index contributed by atoms with van der Waals surface area (Å²) in [6, 6.07) is 0. The van der Waals surface area contributed by atoms with E-state index >= 15 is 0 Å². The number of carbonyl (C=O) groups is 1. The van der Waals surface area contributed by atoms with Crippen molar-refractivity contribution in [2.24, 2.45) is 5.92 Å². The van der Waals surface area contributed by atoms with Crippen LogP contribution >= 0.6 is 0 Å². The summed E-state index contributed by atoms with van der Waals surface area (Å²) in [6.45, 7) is 4.38. The minimum absolute atomic E-state index is 0.0493. The second-order valence-electron chi connectivity index (χ2n) is 5.77. The minimum atomic E-state index is -0.0493. The average molecular weight is 269 g/mol. The molecule has 0 aromatic heterocycles. The van der Waals surface area contributed by atoms with Crippen molar-refractivity contribution in [3.05, 3.63) is 0 Å². The molecule has 1 aliphatic heterocycles. The summed E-state index contributed by atoms with van der Waals surface area (Å²) in [7, 11) is 1.48. The van der Waals surface area contributed by atoms with E-state index in [2.05, 4.69) is 4.90 Å². The van der Waals surface area contributed by atoms with E-state index in [-0.39, 0.29) is 11.9 Å². The van der Waals surface area contributed by atoms with Gasteiger partial charge in [-0.1, -0.05) is 6.42 Å². The molecule has 0 spiro atoms. The van der Waals surface area contributed by atoms with Gasteiger partial charge >= 0.3 is 5.97 Å². The average Bonchev–Trinajstić information content (AvgIpc) is 2.48. The Balaban J connectivity index is 1.56. The molecule has 4 nitrogen and oxygen atoms in total. The van der Waals surface area contributed by atoms with Crippen molar-refractivity contribution in [2.75, 3.05) is 33.4 Å². The van der Waals surface area contributed by atoms with Gasteiger partial charge in [0.25, 0.3) is 0 Å². The lowest BCUT2D eigenvalue weighted by molar-refractivity contribution is -0.147. The standard InChI is InChI=1S/C15H27NO3/c1-18-15(17)13-5-7-14(8-6-13)19-12-11-16-9-3-2-4-10-16/h13-14H,2-12H2,1H3. The first-order valence-electron chi connectivity index (χ1n) is 7.71. The van der Waals surface area contributed by atoms with Gasteiger partial charge in [-0.05, 0) is 51.6 Å². The smallest absolute Gasteiger partial charge is 0.308 e. The van der Waals surface area contributed by atoms with E-state index in [1.807, 2.05) is 0 Å². The topological polar surface area (TPSA) is 38.8 Å². The van der Waals surface area contributed by atoms with Gasteiger partial charge in [0.05, 0.1) is 25.7 Å². The van der Waals surface area contributed by atoms with E-state index in [9.17, 15) is 4.79 Å². The number of nitrogens with zero attached hydrogens (tertiary/aromatic N) is 1. The molecule has 1 heterocycles. The van der Waals surface area contributed by atoms with Crippen LogP contribution in [0.2, 0.25) is 0 Å². The van der Waals surface area contributed by atoms with Gasteiger partial charge in [0, 0.05) is 6.54 Å². The number of ether oxygens (including phenoxy) is 2. The Morgan fingerprint density at radius 2 is 1.79 bits per heavy atom. The van der Waals surface area contributed by atoms with Crippen molar-refractivity contribution in [3.8, 4) is 0 Å². The third-order valence-corrected chi connectivity index (χ3v) is 4.42. The molecule has 1 aliphatic carbocycles. The molecule has 0 aromatic carbocycles. The Bertz CT molecular complexity index is 269. The highest BCUT2D eigenvalue weighted by Crippen LogP contribution is 2.27. The Labute approximate surface area is 116 Å². The van der Waals surface area contributed by atoms with E-state index in [0.29, 0.717) is 6.10 Å².